The minimum atomic E-state index is -4.43. The van der Waals surface area contributed by atoms with Crippen LogP contribution >= 0.6 is 0 Å². The first-order valence-electron chi connectivity index (χ1n) is 10.9. The van der Waals surface area contributed by atoms with Crippen LogP contribution in [0.1, 0.15) is 24.3 Å². The number of nitrogens with one attached hydrogen (secondary N) is 2. The van der Waals surface area contributed by atoms with Crippen LogP contribution in [0, 0.1) is 11.3 Å². The van der Waals surface area contributed by atoms with Crippen molar-refractivity contribution in [2.24, 2.45) is 18.4 Å². The lowest BCUT2D eigenvalue weighted by molar-refractivity contribution is -0.146. The van der Waals surface area contributed by atoms with Crippen LogP contribution < -0.4 is 15.5 Å². The predicted molar refractivity (Wildman–Crippen MR) is 123 cm³/mol. The fourth-order valence-corrected chi connectivity index (χ4v) is 3.87. The number of hydrogen-bond acceptors (Lipinski definition) is 8. The zero-order chi connectivity index (χ0) is 27.1. The summed E-state index contributed by atoms with van der Waals surface area (Å²) in [7, 11) is 1.57. The van der Waals surface area contributed by atoms with Crippen molar-refractivity contribution in [1.29, 1.82) is 0 Å². The third kappa shape index (κ3) is 5.24. The normalized spacial score (nSPS) is 17.2. The highest BCUT2D eigenvalue weighted by Gasteiger charge is 2.52. The van der Waals surface area contributed by atoms with Crippen molar-refractivity contribution in [1.82, 2.24) is 19.7 Å². The molecule has 0 aliphatic carbocycles. The second-order valence-electron chi connectivity index (χ2n) is 8.96. The number of carboxylic acids is 1. The Morgan fingerprint density at radius 1 is 1.32 bits per heavy atom. The van der Waals surface area contributed by atoms with E-state index >= 15 is 0 Å². The summed E-state index contributed by atoms with van der Waals surface area (Å²) in [6, 6.07) is 2.74. The molecule has 4 heterocycles. The number of amides is 2. The molecule has 2 amide bonds. The van der Waals surface area contributed by atoms with E-state index in [1.165, 1.54) is 48.0 Å². The maximum Gasteiger partial charge on any atom is 0.405 e. The van der Waals surface area contributed by atoms with Gasteiger partial charge in [-0.15, -0.1) is 0 Å². The molecule has 196 valence electrons. The summed E-state index contributed by atoms with van der Waals surface area (Å²) < 4.78 is 44.1. The number of carbonyl (C=O) groups is 3. The monoisotopic (exact) mass is 521 g/mol. The molecule has 15 heteroatoms. The minimum Gasteiger partial charge on any atom is -0.481 e. The summed E-state index contributed by atoms with van der Waals surface area (Å²) in [6.07, 6.45) is -0.654. The molecule has 3 N–H and O–H groups in total. The van der Waals surface area contributed by atoms with Crippen LogP contribution in [0.15, 0.2) is 35.2 Å². The highest BCUT2D eigenvalue weighted by molar-refractivity contribution is 6.08. The number of carbonyl (C=O) groups excluding carboxylic acids is 2. The highest BCUT2D eigenvalue weighted by atomic mass is 19.4. The molecule has 0 aromatic carbocycles. The molecule has 4 rings (SSSR count). The second kappa shape index (κ2) is 9.22. The number of alkyl halides is 3. The standard InChI is InChI=1S/C22H22F3N7O5/c1-21(2)12(19(34)35)7-32(20(21)36)16-13(8-31(3)30-16)28-17(33)14-9-37-18(29-14)11-4-5-26-15(6-11)27-10-22(23,24)25/h4-6,8-9,12H,7,10H2,1-3H3,(H,26,27)(H,28,33)(H,34,35). The zero-order valence-corrected chi connectivity index (χ0v) is 19.8. The molecular formula is C22H22F3N7O5. The third-order valence-electron chi connectivity index (χ3n) is 5.86. The second-order valence-corrected chi connectivity index (χ2v) is 8.96. The van der Waals surface area contributed by atoms with Gasteiger partial charge in [-0.25, -0.2) is 9.97 Å². The Balaban J connectivity index is 1.52. The Labute approximate surface area is 207 Å². The van der Waals surface area contributed by atoms with Crippen LogP contribution in [-0.4, -0.2) is 61.9 Å². The van der Waals surface area contributed by atoms with Crippen LogP contribution in [0.2, 0.25) is 0 Å². The average molecular weight is 521 g/mol. The van der Waals surface area contributed by atoms with E-state index in [0.29, 0.717) is 0 Å². The number of nitrogens with zero attached hydrogens (tertiary/aromatic N) is 5. The van der Waals surface area contributed by atoms with E-state index < -0.39 is 41.8 Å². The molecule has 1 atom stereocenters. The molecule has 0 bridgehead atoms. The smallest absolute Gasteiger partial charge is 0.405 e. The first-order chi connectivity index (χ1) is 17.3. The Kier molecular flexibility index (Phi) is 6.39. The number of aryl methyl sites for hydroxylation is 1. The van der Waals surface area contributed by atoms with E-state index in [9.17, 15) is 32.7 Å². The zero-order valence-electron chi connectivity index (χ0n) is 19.8. The Bertz CT molecular complexity index is 1360. The molecule has 3 aromatic heterocycles. The number of pyridine rings is 1. The molecule has 0 radical (unpaired) electrons. The van der Waals surface area contributed by atoms with Crippen molar-refractivity contribution in [3.8, 4) is 11.5 Å². The first kappa shape index (κ1) is 25.7. The molecule has 1 fully saturated rings. The van der Waals surface area contributed by atoms with Gasteiger partial charge in [0.2, 0.25) is 11.8 Å². The molecule has 1 aliphatic rings. The van der Waals surface area contributed by atoms with Crippen molar-refractivity contribution in [3.63, 3.8) is 0 Å². The SMILES string of the molecule is Cn1cc(NC(=O)c2coc(-c3ccnc(NCC(F)(F)F)c3)n2)c(N2CC(C(=O)O)C(C)(C)C2=O)n1. The van der Waals surface area contributed by atoms with Crippen LogP contribution in [0.25, 0.3) is 11.5 Å². The van der Waals surface area contributed by atoms with Crippen molar-refractivity contribution in [2.75, 3.05) is 28.6 Å². The van der Waals surface area contributed by atoms with Gasteiger partial charge >= 0.3 is 12.1 Å². The fraction of sp³-hybridized carbons (Fsp3) is 0.364. The van der Waals surface area contributed by atoms with E-state index in [2.05, 4.69) is 25.7 Å². The van der Waals surface area contributed by atoms with Gasteiger partial charge in [-0.3, -0.25) is 24.0 Å². The topological polar surface area (TPSA) is 155 Å². The van der Waals surface area contributed by atoms with Gasteiger partial charge in [-0.2, -0.15) is 18.3 Å². The van der Waals surface area contributed by atoms with E-state index in [1.54, 1.807) is 7.05 Å². The molecule has 0 spiro atoms. The lowest BCUT2D eigenvalue weighted by Gasteiger charge is -2.20. The van der Waals surface area contributed by atoms with Crippen LogP contribution in [0.3, 0.4) is 0 Å². The maximum absolute atomic E-state index is 12.9. The molecule has 1 saturated heterocycles. The highest BCUT2D eigenvalue weighted by Crippen LogP contribution is 2.40. The van der Waals surface area contributed by atoms with Gasteiger partial charge in [0.05, 0.1) is 17.5 Å². The predicted octanol–water partition coefficient (Wildman–Crippen LogP) is 2.77. The molecule has 1 aliphatic heterocycles. The van der Waals surface area contributed by atoms with Gasteiger partial charge in [-0.05, 0) is 12.1 Å². The van der Waals surface area contributed by atoms with Gasteiger partial charge < -0.3 is 20.2 Å². The van der Waals surface area contributed by atoms with Crippen LogP contribution in [-0.2, 0) is 16.6 Å². The van der Waals surface area contributed by atoms with Crippen molar-refractivity contribution >= 4 is 35.1 Å². The van der Waals surface area contributed by atoms with Crippen LogP contribution in [0.5, 0.6) is 0 Å². The van der Waals surface area contributed by atoms with Crippen molar-refractivity contribution < 1.29 is 37.1 Å². The largest absolute Gasteiger partial charge is 0.481 e. The lowest BCUT2D eigenvalue weighted by atomic mass is 9.81. The first-order valence-corrected chi connectivity index (χ1v) is 10.9. The van der Waals surface area contributed by atoms with Gasteiger partial charge in [0, 0.05) is 25.4 Å². The third-order valence-corrected chi connectivity index (χ3v) is 5.86. The quantitative estimate of drug-likeness (QED) is 0.426. The van der Waals surface area contributed by atoms with E-state index in [0.717, 1.165) is 6.26 Å². The maximum atomic E-state index is 12.9. The number of halogens is 3. The molecule has 12 nitrogen and oxygen atoms in total. The summed E-state index contributed by atoms with van der Waals surface area (Å²) in [6.45, 7) is 1.67. The molecule has 1 unspecified atom stereocenters. The number of aromatic nitrogens is 4. The number of oxazole rings is 1. The van der Waals surface area contributed by atoms with E-state index in [4.69, 9.17) is 4.42 Å². The van der Waals surface area contributed by atoms with Crippen LogP contribution in [0.4, 0.5) is 30.5 Å². The Hall–Kier alpha value is -4.43. The van der Waals surface area contributed by atoms with Gasteiger partial charge in [0.1, 0.15) is 24.3 Å². The Morgan fingerprint density at radius 2 is 2.05 bits per heavy atom. The molecule has 0 saturated carbocycles. The van der Waals surface area contributed by atoms with Gasteiger partial charge in [-0.1, -0.05) is 13.8 Å². The van der Waals surface area contributed by atoms with E-state index in [1.807, 2.05) is 0 Å². The average Bonchev–Trinajstić information content (AvgIpc) is 3.49. The summed E-state index contributed by atoms with van der Waals surface area (Å²) in [5.74, 6) is -3.27. The van der Waals surface area contributed by atoms with Gasteiger partial charge in [0.15, 0.2) is 11.5 Å². The number of aliphatic carboxylic acids is 1. The number of anilines is 3. The molecule has 37 heavy (non-hydrogen) atoms. The molecule has 3 aromatic rings. The van der Waals surface area contributed by atoms with Crippen molar-refractivity contribution in [2.45, 2.75) is 20.0 Å². The minimum absolute atomic E-state index is 0.0326. The number of rotatable bonds is 7. The Morgan fingerprint density at radius 3 is 2.70 bits per heavy atom. The van der Waals surface area contributed by atoms with E-state index in [-0.39, 0.29) is 41.0 Å². The molecular weight excluding hydrogens is 499 g/mol. The summed E-state index contributed by atoms with van der Waals surface area (Å²) in [5.41, 5.74) is -0.896. The summed E-state index contributed by atoms with van der Waals surface area (Å²) in [5, 5.41) is 18.5. The summed E-state index contributed by atoms with van der Waals surface area (Å²) >= 11 is 0. The number of hydrogen-bond donors (Lipinski definition) is 3. The number of carboxylic acid groups (broad SMARTS) is 1. The van der Waals surface area contributed by atoms with Gasteiger partial charge in [0.25, 0.3) is 5.91 Å². The summed E-state index contributed by atoms with van der Waals surface area (Å²) in [4.78, 5) is 46.6. The fourth-order valence-electron chi connectivity index (χ4n) is 3.87. The lowest BCUT2D eigenvalue weighted by Crippen LogP contribution is -2.34. The van der Waals surface area contributed by atoms with Crippen molar-refractivity contribution in [3.05, 3.63) is 36.5 Å².